The van der Waals surface area contributed by atoms with Crippen molar-refractivity contribution in [3.05, 3.63) is 29.3 Å². The van der Waals surface area contributed by atoms with Crippen molar-refractivity contribution in [3.8, 4) is 0 Å². The molecule has 0 radical (unpaired) electrons. The Morgan fingerprint density at radius 2 is 2.05 bits per heavy atom. The second-order valence-corrected chi connectivity index (χ2v) is 4.63. The van der Waals surface area contributed by atoms with Gasteiger partial charge in [0.2, 0.25) is 5.91 Å². The molecule has 0 heterocycles. The molecule has 3 N–H and O–H groups in total. The average Bonchev–Trinajstić information content (AvgIpc) is 2.31. The molecule has 0 spiro atoms. The maximum atomic E-state index is 11.8. The quantitative estimate of drug-likeness (QED) is 0.626. The highest BCUT2D eigenvalue weighted by molar-refractivity contribution is 5.92. The van der Waals surface area contributed by atoms with E-state index < -0.39 is 5.97 Å². The molecule has 0 fully saturated rings. The zero-order chi connectivity index (χ0) is 14.4. The van der Waals surface area contributed by atoms with Crippen LogP contribution in [0.25, 0.3) is 0 Å². The highest BCUT2D eigenvalue weighted by atomic mass is 16.5. The lowest BCUT2D eigenvalue weighted by Crippen LogP contribution is -2.31. The van der Waals surface area contributed by atoms with Crippen LogP contribution in [0.5, 0.6) is 0 Å². The van der Waals surface area contributed by atoms with E-state index in [-0.39, 0.29) is 25.0 Å². The highest BCUT2D eigenvalue weighted by Gasteiger charge is 2.12. The van der Waals surface area contributed by atoms with Crippen LogP contribution in [-0.2, 0) is 9.53 Å². The van der Waals surface area contributed by atoms with Crippen LogP contribution >= 0.6 is 0 Å². The van der Waals surface area contributed by atoms with Crippen LogP contribution in [0.1, 0.15) is 36.2 Å². The third kappa shape index (κ3) is 4.62. The molecule has 0 aliphatic rings. The van der Waals surface area contributed by atoms with Crippen LogP contribution in [0, 0.1) is 6.92 Å². The maximum absolute atomic E-state index is 11.8. The van der Waals surface area contributed by atoms with E-state index in [1.165, 1.54) is 0 Å². The van der Waals surface area contributed by atoms with Crippen molar-refractivity contribution < 1.29 is 14.3 Å². The summed E-state index contributed by atoms with van der Waals surface area (Å²) in [6.45, 7) is 5.57. The molecule has 0 aliphatic heterocycles. The lowest BCUT2D eigenvalue weighted by atomic mass is 10.1. The Balaban J connectivity index is 2.48. The van der Waals surface area contributed by atoms with Crippen molar-refractivity contribution in [1.29, 1.82) is 0 Å². The summed E-state index contributed by atoms with van der Waals surface area (Å²) in [4.78, 5) is 23.2. The van der Waals surface area contributed by atoms with Gasteiger partial charge in [-0.3, -0.25) is 4.79 Å². The Bertz CT molecular complexity index is 470. The Morgan fingerprint density at radius 1 is 1.37 bits per heavy atom. The van der Waals surface area contributed by atoms with Gasteiger partial charge in [-0.05, 0) is 38.5 Å². The number of amides is 1. The first-order chi connectivity index (χ1) is 8.91. The fourth-order valence-electron chi connectivity index (χ4n) is 1.58. The molecule has 1 aromatic carbocycles. The maximum Gasteiger partial charge on any atom is 0.338 e. The summed E-state index contributed by atoms with van der Waals surface area (Å²) in [6, 6.07) is 5.16. The number of nitrogens with two attached hydrogens (primary N) is 1. The van der Waals surface area contributed by atoms with E-state index in [9.17, 15) is 9.59 Å². The molecule has 1 aromatic rings. The molecule has 0 aromatic heterocycles. The second-order valence-electron chi connectivity index (χ2n) is 4.63. The SMILES string of the molecule is Cc1c(N)cccc1C(=O)OCCC(=O)NC(C)C. The van der Waals surface area contributed by atoms with Crippen LogP contribution < -0.4 is 11.1 Å². The summed E-state index contributed by atoms with van der Waals surface area (Å²) >= 11 is 0. The average molecular weight is 264 g/mol. The van der Waals surface area contributed by atoms with Crippen molar-refractivity contribution in [3.63, 3.8) is 0 Å². The fourth-order valence-corrected chi connectivity index (χ4v) is 1.58. The van der Waals surface area contributed by atoms with Gasteiger partial charge >= 0.3 is 5.97 Å². The molecule has 0 atom stereocenters. The normalized spacial score (nSPS) is 10.3. The predicted octanol–water partition coefficient (Wildman–Crippen LogP) is 1.65. The van der Waals surface area contributed by atoms with Crippen molar-refractivity contribution in [1.82, 2.24) is 5.32 Å². The Kier molecular flexibility index (Phi) is 5.36. The van der Waals surface area contributed by atoms with Crippen LogP contribution in [0.15, 0.2) is 18.2 Å². The smallest absolute Gasteiger partial charge is 0.338 e. The van der Waals surface area contributed by atoms with Gasteiger partial charge in [-0.1, -0.05) is 6.07 Å². The van der Waals surface area contributed by atoms with E-state index >= 15 is 0 Å². The highest BCUT2D eigenvalue weighted by Crippen LogP contribution is 2.16. The molecule has 19 heavy (non-hydrogen) atoms. The van der Waals surface area contributed by atoms with E-state index in [1.807, 2.05) is 13.8 Å². The molecule has 0 bridgehead atoms. The van der Waals surface area contributed by atoms with Gasteiger partial charge in [-0.15, -0.1) is 0 Å². The third-order valence-electron chi connectivity index (χ3n) is 2.61. The number of esters is 1. The van der Waals surface area contributed by atoms with E-state index in [0.717, 1.165) is 0 Å². The monoisotopic (exact) mass is 264 g/mol. The van der Waals surface area contributed by atoms with Gasteiger partial charge in [-0.2, -0.15) is 0 Å². The Labute approximate surface area is 113 Å². The summed E-state index contributed by atoms with van der Waals surface area (Å²) < 4.78 is 5.06. The number of nitrogen functional groups attached to an aromatic ring is 1. The number of carbonyl (C=O) groups excluding carboxylic acids is 2. The lowest BCUT2D eigenvalue weighted by Gasteiger charge is -2.10. The number of nitrogens with one attached hydrogen (secondary N) is 1. The molecule has 0 aliphatic carbocycles. The van der Waals surface area contributed by atoms with E-state index in [0.29, 0.717) is 16.8 Å². The topological polar surface area (TPSA) is 81.4 Å². The summed E-state index contributed by atoms with van der Waals surface area (Å²) in [5.74, 6) is -0.589. The molecule has 1 amide bonds. The zero-order valence-corrected chi connectivity index (χ0v) is 11.5. The fraction of sp³-hybridized carbons (Fsp3) is 0.429. The first-order valence-electron chi connectivity index (χ1n) is 6.23. The number of rotatable bonds is 5. The number of anilines is 1. The number of hydrogen-bond acceptors (Lipinski definition) is 4. The van der Waals surface area contributed by atoms with Gasteiger partial charge in [0, 0.05) is 11.7 Å². The molecule has 104 valence electrons. The summed E-state index contributed by atoms with van der Waals surface area (Å²) in [5, 5.41) is 2.73. The van der Waals surface area contributed by atoms with Crippen LogP contribution in [0.4, 0.5) is 5.69 Å². The number of ether oxygens (including phenoxy) is 1. The molecule has 0 unspecified atom stereocenters. The minimum Gasteiger partial charge on any atom is -0.462 e. The molecule has 0 saturated carbocycles. The second kappa shape index (κ2) is 6.78. The minimum atomic E-state index is -0.456. The van der Waals surface area contributed by atoms with E-state index in [1.54, 1.807) is 25.1 Å². The minimum absolute atomic E-state index is 0.0611. The van der Waals surface area contributed by atoms with Gasteiger partial charge in [0.1, 0.15) is 6.61 Å². The first kappa shape index (κ1) is 15.0. The first-order valence-corrected chi connectivity index (χ1v) is 6.23. The molecule has 5 heteroatoms. The number of carbonyl (C=O) groups is 2. The van der Waals surface area contributed by atoms with E-state index in [4.69, 9.17) is 10.5 Å². The number of hydrogen-bond donors (Lipinski definition) is 2. The molecule has 1 rings (SSSR count). The van der Waals surface area contributed by atoms with Crippen LogP contribution in [-0.4, -0.2) is 24.5 Å². The van der Waals surface area contributed by atoms with Crippen LogP contribution in [0.3, 0.4) is 0 Å². The Hall–Kier alpha value is -2.04. The zero-order valence-electron chi connectivity index (χ0n) is 11.5. The Morgan fingerprint density at radius 3 is 2.68 bits per heavy atom. The molecule has 0 saturated heterocycles. The van der Waals surface area contributed by atoms with Gasteiger partial charge in [0.15, 0.2) is 0 Å². The standard InChI is InChI=1S/C14H20N2O3/c1-9(2)16-13(17)7-8-19-14(18)11-5-4-6-12(15)10(11)3/h4-6,9H,7-8,15H2,1-3H3,(H,16,17). The van der Waals surface area contributed by atoms with E-state index in [2.05, 4.69) is 5.32 Å². The lowest BCUT2D eigenvalue weighted by molar-refractivity contribution is -0.122. The summed E-state index contributed by atoms with van der Waals surface area (Å²) in [5.41, 5.74) is 7.39. The summed E-state index contributed by atoms with van der Waals surface area (Å²) in [6.07, 6.45) is 0.158. The molecule has 5 nitrogen and oxygen atoms in total. The van der Waals surface area contributed by atoms with Gasteiger partial charge in [0.05, 0.1) is 12.0 Å². The van der Waals surface area contributed by atoms with Gasteiger partial charge in [0.25, 0.3) is 0 Å². The molecular weight excluding hydrogens is 244 g/mol. The van der Waals surface area contributed by atoms with Gasteiger partial charge < -0.3 is 15.8 Å². The van der Waals surface area contributed by atoms with Crippen molar-refractivity contribution in [2.24, 2.45) is 0 Å². The van der Waals surface area contributed by atoms with Gasteiger partial charge in [-0.25, -0.2) is 4.79 Å². The van der Waals surface area contributed by atoms with Crippen molar-refractivity contribution in [2.75, 3.05) is 12.3 Å². The van der Waals surface area contributed by atoms with Crippen molar-refractivity contribution >= 4 is 17.6 Å². The predicted molar refractivity (Wildman–Crippen MR) is 73.8 cm³/mol. The molecular formula is C14H20N2O3. The third-order valence-corrected chi connectivity index (χ3v) is 2.61. The summed E-state index contributed by atoms with van der Waals surface area (Å²) in [7, 11) is 0. The van der Waals surface area contributed by atoms with Crippen molar-refractivity contribution in [2.45, 2.75) is 33.2 Å². The number of benzene rings is 1. The van der Waals surface area contributed by atoms with Crippen LogP contribution in [0.2, 0.25) is 0 Å². The largest absolute Gasteiger partial charge is 0.462 e.